The van der Waals surface area contributed by atoms with Crippen molar-refractivity contribution in [2.45, 2.75) is 13.5 Å². The van der Waals surface area contributed by atoms with Gasteiger partial charge in [-0.3, -0.25) is 9.69 Å². The molecule has 30 heavy (non-hydrogen) atoms. The van der Waals surface area contributed by atoms with Gasteiger partial charge in [0.25, 0.3) is 5.91 Å². The molecule has 0 radical (unpaired) electrons. The van der Waals surface area contributed by atoms with Crippen molar-refractivity contribution in [2.75, 3.05) is 4.90 Å². The van der Waals surface area contributed by atoms with E-state index in [9.17, 15) is 4.79 Å². The van der Waals surface area contributed by atoms with Crippen LogP contribution in [0.5, 0.6) is 0 Å². The average Bonchev–Trinajstić information content (AvgIpc) is 3.36. The SMILES string of the molecule is Cc1cc(Cl)cc2sc(N(Cc3ccccc3)C(=O)c3nc4ccccc4s3)nc12. The molecule has 148 valence electrons. The number of nitrogens with zero attached hydrogens (tertiary/aromatic N) is 3. The number of amides is 1. The van der Waals surface area contributed by atoms with Gasteiger partial charge in [-0.05, 0) is 42.3 Å². The van der Waals surface area contributed by atoms with Crippen molar-refractivity contribution >= 4 is 65.7 Å². The zero-order valence-electron chi connectivity index (χ0n) is 16.0. The minimum atomic E-state index is -0.150. The first-order chi connectivity index (χ1) is 14.6. The van der Waals surface area contributed by atoms with Gasteiger partial charge >= 0.3 is 0 Å². The maximum atomic E-state index is 13.6. The summed E-state index contributed by atoms with van der Waals surface area (Å²) in [7, 11) is 0. The Kier molecular flexibility index (Phi) is 4.98. The van der Waals surface area contributed by atoms with E-state index >= 15 is 0 Å². The van der Waals surface area contributed by atoms with Gasteiger partial charge in [0.15, 0.2) is 10.1 Å². The van der Waals surface area contributed by atoms with E-state index in [-0.39, 0.29) is 5.91 Å². The number of para-hydroxylation sites is 1. The number of aromatic nitrogens is 2. The van der Waals surface area contributed by atoms with Crippen molar-refractivity contribution in [1.29, 1.82) is 0 Å². The number of hydrogen-bond acceptors (Lipinski definition) is 5. The molecule has 0 aliphatic heterocycles. The Morgan fingerprint density at radius 1 is 0.967 bits per heavy atom. The number of hydrogen-bond donors (Lipinski definition) is 0. The van der Waals surface area contributed by atoms with Crippen LogP contribution < -0.4 is 4.90 Å². The van der Waals surface area contributed by atoms with Gasteiger partial charge in [0.2, 0.25) is 0 Å². The summed E-state index contributed by atoms with van der Waals surface area (Å²) in [5, 5.41) is 1.77. The van der Waals surface area contributed by atoms with Crippen molar-refractivity contribution in [3.8, 4) is 0 Å². The highest BCUT2D eigenvalue weighted by molar-refractivity contribution is 7.23. The van der Waals surface area contributed by atoms with Crippen LogP contribution in [0.3, 0.4) is 0 Å². The molecule has 3 aromatic carbocycles. The molecule has 0 saturated heterocycles. The second kappa shape index (κ2) is 7.80. The maximum Gasteiger partial charge on any atom is 0.289 e. The molecular weight excluding hydrogens is 434 g/mol. The van der Waals surface area contributed by atoms with Crippen LogP contribution in [0.25, 0.3) is 20.4 Å². The van der Waals surface area contributed by atoms with E-state index in [1.54, 1.807) is 4.90 Å². The van der Waals surface area contributed by atoms with Crippen LogP contribution in [0, 0.1) is 6.92 Å². The standard InChI is InChI=1S/C23H16ClN3OS2/c1-14-11-16(24)12-19-20(14)26-23(30-19)27(13-15-7-3-2-4-8-15)22(28)21-25-17-9-5-6-10-18(17)29-21/h2-12H,13H2,1H3. The third kappa shape index (κ3) is 3.58. The molecule has 0 fully saturated rings. The van der Waals surface area contributed by atoms with Crippen LogP contribution >= 0.6 is 34.3 Å². The molecule has 0 aliphatic rings. The second-order valence-electron chi connectivity index (χ2n) is 6.93. The highest BCUT2D eigenvalue weighted by Gasteiger charge is 2.25. The summed E-state index contributed by atoms with van der Waals surface area (Å²) in [5.41, 5.74) is 3.72. The Bertz CT molecular complexity index is 1340. The maximum absolute atomic E-state index is 13.6. The fraction of sp³-hybridized carbons (Fsp3) is 0.0870. The number of aryl methyl sites for hydroxylation is 1. The van der Waals surface area contributed by atoms with Gasteiger partial charge in [0.05, 0.1) is 27.0 Å². The lowest BCUT2D eigenvalue weighted by Crippen LogP contribution is -2.30. The van der Waals surface area contributed by atoms with E-state index < -0.39 is 0 Å². The lowest BCUT2D eigenvalue weighted by atomic mass is 10.2. The van der Waals surface area contributed by atoms with Crippen molar-refractivity contribution in [3.05, 3.63) is 87.9 Å². The number of carbonyl (C=O) groups is 1. The van der Waals surface area contributed by atoms with Gasteiger partial charge in [-0.15, -0.1) is 11.3 Å². The Morgan fingerprint density at radius 2 is 1.73 bits per heavy atom. The first-order valence-corrected chi connectivity index (χ1v) is 11.4. The number of benzene rings is 3. The summed E-state index contributed by atoms with van der Waals surface area (Å²) in [4.78, 5) is 24.6. The zero-order chi connectivity index (χ0) is 20.7. The molecule has 1 amide bonds. The molecule has 0 bridgehead atoms. The minimum absolute atomic E-state index is 0.150. The molecule has 0 unspecified atom stereocenters. The number of halogens is 1. The smallest absolute Gasteiger partial charge is 0.277 e. The Hall–Kier alpha value is -2.80. The number of fused-ring (bicyclic) bond motifs is 2. The molecule has 5 aromatic rings. The van der Waals surface area contributed by atoms with Gasteiger partial charge < -0.3 is 0 Å². The summed E-state index contributed by atoms with van der Waals surface area (Å²) in [6.07, 6.45) is 0. The molecule has 0 atom stereocenters. The Morgan fingerprint density at radius 3 is 2.53 bits per heavy atom. The molecule has 4 nitrogen and oxygen atoms in total. The van der Waals surface area contributed by atoms with E-state index in [0.717, 1.165) is 31.6 Å². The van der Waals surface area contributed by atoms with E-state index in [0.29, 0.717) is 21.7 Å². The van der Waals surface area contributed by atoms with Crippen molar-refractivity contribution in [3.63, 3.8) is 0 Å². The summed E-state index contributed by atoms with van der Waals surface area (Å²) < 4.78 is 1.96. The third-order valence-corrected chi connectivity index (χ3v) is 7.04. The lowest BCUT2D eigenvalue weighted by molar-refractivity contribution is 0.0985. The number of carbonyl (C=O) groups excluding carboxylic acids is 1. The van der Waals surface area contributed by atoms with Crippen molar-refractivity contribution < 1.29 is 4.79 Å². The average molecular weight is 450 g/mol. The van der Waals surface area contributed by atoms with E-state index in [4.69, 9.17) is 16.6 Å². The van der Waals surface area contributed by atoms with Crippen LogP contribution in [0.1, 0.15) is 20.9 Å². The number of rotatable bonds is 4. The van der Waals surface area contributed by atoms with Gasteiger partial charge in [0, 0.05) is 5.02 Å². The minimum Gasteiger partial charge on any atom is -0.277 e. The van der Waals surface area contributed by atoms with Crippen LogP contribution in [-0.4, -0.2) is 15.9 Å². The van der Waals surface area contributed by atoms with Crippen LogP contribution in [0.15, 0.2) is 66.7 Å². The third-order valence-electron chi connectivity index (χ3n) is 4.78. The summed E-state index contributed by atoms with van der Waals surface area (Å²) in [6.45, 7) is 2.40. The summed E-state index contributed by atoms with van der Waals surface area (Å²) in [5.74, 6) is -0.150. The van der Waals surface area contributed by atoms with E-state index in [1.165, 1.54) is 22.7 Å². The lowest BCUT2D eigenvalue weighted by Gasteiger charge is -2.18. The zero-order valence-corrected chi connectivity index (χ0v) is 18.4. The van der Waals surface area contributed by atoms with Gasteiger partial charge in [-0.25, -0.2) is 9.97 Å². The normalized spacial score (nSPS) is 11.3. The molecule has 7 heteroatoms. The summed E-state index contributed by atoms with van der Waals surface area (Å²) in [6, 6.07) is 21.5. The first kappa shape index (κ1) is 19.2. The fourth-order valence-electron chi connectivity index (χ4n) is 3.33. The second-order valence-corrected chi connectivity index (χ2v) is 9.41. The largest absolute Gasteiger partial charge is 0.289 e. The Labute approximate surface area is 186 Å². The van der Waals surface area contributed by atoms with Crippen LogP contribution in [0.2, 0.25) is 5.02 Å². The molecule has 0 spiro atoms. The molecule has 0 saturated carbocycles. The molecular formula is C23H16ClN3OS2. The van der Waals surface area contributed by atoms with E-state index in [1.807, 2.05) is 73.7 Å². The molecule has 0 aliphatic carbocycles. The van der Waals surface area contributed by atoms with Gasteiger partial charge in [-0.2, -0.15) is 0 Å². The van der Waals surface area contributed by atoms with Crippen molar-refractivity contribution in [1.82, 2.24) is 9.97 Å². The molecule has 0 N–H and O–H groups in total. The Balaban J connectivity index is 1.61. The first-order valence-electron chi connectivity index (χ1n) is 9.36. The molecule has 5 rings (SSSR count). The monoisotopic (exact) mass is 449 g/mol. The molecule has 2 heterocycles. The number of thiazole rings is 2. The van der Waals surface area contributed by atoms with Gasteiger partial charge in [-0.1, -0.05) is 65.4 Å². The summed E-state index contributed by atoms with van der Waals surface area (Å²) >= 11 is 9.11. The number of anilines is 1. The van der Waals surface area contributed by atoms with E-state index in [2.05, 4.69) is 4.98 Å². The van der Waals surface area contributed by atoms with Crippen molar-refractivity contribution in [2.24, 2.45) is 0 Å². The molecule has 2 aromatic heterocycles. The quantitative estimate of drug-likeness (QED) is 0.306. The van der Waals surface area contributed by atoms with Crippen LogP contribution in [0.4, 0.5) is 5.13 Å². The van der Waals surface area contributed by atoms with Crippen LogP contribution in [-0.2, 0) is 6.54 Å². The predicted molar refractivity (Wildman–Crippen MR) is 126 cm³/mol. The predicted octanol–water partition coefficient (Wildman–Crippen LogP) is 6.71. The highest BCUT2D eigenvalue weighted by Crippen LogP contribution is 2.35. The topological polar surface area (TPSA) is 46.1 Å². The fourth-order valence-corrected chi connectivity index (χ4v) is 5.66. The highest BCUT2D eigenvalue weighted by atomic mass is 35.5. The van der Waals surface area contributed by atoms with Gasteiger partial charge in [0.1, 0.15) is 0 Å².